The number of rotatable bonds is 4. The Labute approximate surface area is 128 Å². The molecule has 12 heteroatoms. The monoisotopic (exact) mass is 318 g/mol. The summed E-state index contributed by atoms with van der Waals surface area (Å²) in [5, 5.41) is 33.3. The molecular weight excluding hydrogens is 308 g/mol. The SMILES string of the molecule is N#CC1=C(C(=O)O)N2C(=O)[C@@H](NC(=O)Cn3cnnn3)CN2C1. The van der Waals surface area contributed by atoms with Gasteiger partial charge in [0.05, 0.1) is 18.2 Å². The van der Waals surface area contributed by atoms with Crippen LogP contribution in [0.5, 0.6) is 0 Å². The Morgan fingerprint density at radius 1 is 1.52 bits per heavy atom. The number of aliphatic carboxylic acids is 1. The predicted molar refractivity (Wildman–Crippen MR) is 68.4 cm³/mol. The van der Waals surface area contributed by atoms with E-state index in [-0.39, 0.29) is 30.9 Å². The van der Waals surface area contributed by atoms with Crippen molar-refractivity contribution in [2.45, 2.75) is 12.6 Å². The smallest absolute Gasteiger partial charge is 0.355 e. The third kappa shape index (κ3) is 2.49. The largest absolute Gasteiger partial charge is 0.476 e. The van der Waals surface area contributed by atoms with Gasteiger partial charge >= 0.3 is 5.97 Å². The molecule has 0 aliphatic carbocycles. The minimum absolute atomic E-state index is 0.00400. The second-order valence-electron chi connectivity index (χ2n) is 4.87. The molecule has 118 valence electrons. The molecule has 2 aliphatic rings. The molecule has 0 bridgehead atoms. The molecule has 1 saturated heterocycles. The fourth-order valence-corrected chi connectivity index (χ4v) is 2.48. The van der Waals surface area contributed by atoms with Crippen LogP contribution in [0.25, 0.3) is 0 Å². The van der Waals surface area contributed by atoms with Crippen molar-refractivity contribution < 1.29 is 19.5 Å². The maximum atomic E-state index is 12.3. The number of aromatic nitrogens is 4. The molecule has 0 unspecified atom stereocenters. The van der Waals surface area contributed by atoms with Crippen molar-refractivity contribution in [3.8, 4) is 6.07 Å². The Morgan fingerprint density at radius 3 is 2.91 bits per heavy atom. The molecule has 1 aromatic heterocycles. The molecule has 2 aliphatic heterocycles. The van der Waals surface area contributed by atoms with E-state index >= 15 is 0 Å². The van der Waals surface area contributed by atoms with Gasteiger partial charge < -0.3 is 10.4 Å². The summed E-state index contributed by atoms with van der Waals surface area (Å²) in [6.45, 7) is -0.0623. The Bertz CT molecular complexity index is 749. The standard InChI is InChI=1S/C11H10N8O4/c12-1-6-2-18-3-7(10(21)19(18)9(6)11(22)23)14-8(20)4-17-5-13-15-16-17/h5,7H,2-4H2,(H,14,20)(H,22,23)/t7-/m0/s1. The van der Waals surface area contributed by atoms with Crippen LogP contribution >= 0.6 is 0 Å². The topological polar surface area (TPSA) is 157 Å². The molecule has 1 fully saturated rings. The molecule has 0 saturated carbocycles. The molecular formula is C11H10N8O4. The van der Waals surface area contributed by atoms with E-state index in [1.54, 1.807) is 6.07 Å². The Morgan fingerprint density at radius 2 is 2.30 bits per heavy atom. The van der Waals surface area contributed by atoms with Crippen molar-refractivity contribution in [1.82, 2.24) is 35.5 Å². The van der Waals surface area contributed by atoms with Gasteiger partial charge in [0.1, 0.15) is 18.9 Å². The lowest BCUT2D eigenvalue weighted by molar-refractivity contribution is -0.143. The lowest BCUT2D eigenvalue weighted by Crippen LogP contribution is -2.44. The van der Waals surface area contributed by atoms with Gasteiger partial charge in [0.2, 0.25) is 5.91 Å². The van der Waals surface area contributed by atoms with E-state index in [1.165, 1.54) is 16.0 Å². The van der Waals surface area contributed by atoms with Gasteiger partial charge in [-0.1, -0.05) is 0 Å². The van der Waals surface area contributed by atoms with Gasteiger partial charge in [0.25, 0.3) is 5.91 Å². The van der Waals surface area contributed by atoms with E-state index in [0.29, 0.717) is 0 Å². The molecule has 3 rings (SSSR count). The number of hydrogen-bond acceptors (Lipinski definition) is 8. The number of hydrazine groups is 1. The highest BCUT2D eigenvalue weighted by Crippen LogP contribution is 2.28. The second kappa shape index (κ2) is 5.46. The predicted octanol–water partition coefficient (Wildman–Crippen LogP) is -2.91. The third-order valence-corrected chi connectivity index (χ3v) is 3.39. The van der Waals surface area contributed by atoms with E-state index < -0.39 is 23.8 Å². The first kappa shape index (κ1) is 14.6. The highest BCUT2D eigenvalue weighted by Gasteiger charge is 2.48. The second-order valence-corrected chi connectivity index (χ2v) is 4.87. The number of amides is 2. The van der Waals surface area contributed by atoms with E-state index in [4.69, 9.17) is 5.26 Å². The van der Waals surface area contributed by atoms with Crippen molar-refractivity contribution in [3.05, 3.63) is 17.6 Å². The number of hydrogen-bond donors (Lipinski definition) is 2. The van der Waals surface area contributed by atoms with E-state index in [1.807, 2.05) is 0 Å². The number of carboxylic acid groups (broad SMARTS) is 1. The van der Waals surface area contributed by atoms with Crippen LogP contribution in [0.4, 0.5) is 0 Å². The number of nitrogens with one attached hydrogen (secondary N) is 1. The number of nitriles is 1. The maximum absolute atomic E-state index is 12.3. The first-order chi connectivity index (χ1) is 11.0. The van der Waals surface area contributed by atoms with Crippen molar-refractivity contribution in [2.75, 3.05) is 13.1 Å². The van der Waals surface area contributed by atoms with Crippen LogP contribution in [0.1, 0.15) is 0 Å². The molecule has 0 aromatic carbocycles. The molecule has 0 spiro atoms. The number of tetrazole rings is 1. The zero-order valence-electron chi connectivity index (χ0n) is 11.6. The van der Waals surface area contributed by atoms with Gasteiger partial charge in [-0.25, -0.2) is 19.5 Å². The lowest BCUT2D eigenvalue weighted by Gasteiger charge is -2.18. The van der Waals surface area contributed by atoms with Crippen LogP contribution in [-0.4, -0.2) is 72.2 Å². The van der Waals surface area contributed by atoms with Gasteiger partial charge in [0, 0.05) is 6.54 Å². The van der Waals surface area contributed by atoms with E-state index in [2.05, 4.69) is 20.8 Å². The molecule has 3 heterocycles. The molecule has 2 amide bonds. The fourth-order valence-electron chi connectivity index (χ4n) is 2.48. The van der Waals surface area contributed by atoms with Crippen LogP contribution in [0.3, 0.4) is 0 Å². The van der Waals surface area contributed by atoms with Crippen molar-refractivity contribution in [2.24, 2.45) is 0 Å². The third-order valence-electron chi connectivity index (χ3n) is 3.39. The number of fused-ring (bicyclic) bond motifs is 1. The quantitative estimate of drug-likeness (QED) is 0.593. The lowest BCUT2D eigenvalue weighted by atomic mass is 10.2. The molecule has 1 aromatic rings. The summed E-state index contributed by atoms with van der Waals surface area (Å²) < 4.78 is 1.19. The molecule has 2 N–H and O–H groups in total. The summed E-state index contributed by atoms with van der Waals surface area (Å²) in [4.78, 5) is 35.4. The first-order valence-electron chi connectivity index (χ1n) is 6.46. The first-order valence-corrected chi connectivity index (χ1v) is 6.46. The Kier molecular flexibility index (Phi) is 3.47. The molecule has 23 heavy (non-hydrogen) atoms. The highest BCUT2D eigenvalue weighted by atomic mass is 16.4. The van der Waals surface area contributed by atoms with Crippen LogP contribution < -0.4 is 5.32 Å². The van der Waals surface area contributed by atoms with Crippen LogP contribution in [0.15, 0.2) is 17.6 Å². The number of carbonyl (C=O) groups is 3. The minimum atomic E-state index is -1.36. The van der Waals surface area contributed by atoms with E-state index in [9.17, 15) is 19.5 Å². The summed E-state index contributed by atoms with van der Waals surface area (Å²) >= 11 is 0. The van der Waals surface area contributed by atoms with Gasteiger partial charge in [0.15, 0.2) is 5.70 Å². The highest BCUT2D eigenvalue weighted by molar-refractivity contribution is 5.98. The Hall–Kier alpha value is -3.33. The summed E-state index contributed by atoms with van der Waals surface area (Å²) in [5.41, 5.74) is -0.362. The minimum Gasteiger partial charge on any atom is -0.476 e. The normalized spacial score (nSPS) is 20.6. The number of carboxylic acids is 1. The van der Waals surface area contributed by atoms with Gasteiger partial charge in [-0.3, -0.25) is 9.59 Å². The number of carbonyl (C=O) groups excluding carboxylic acids is 2. The van der Waals surface area contributed by atoms with Crippen molar-refractivity contribution in [3.63, 3.8) is 0 Å². The zero-order valence-corrected chi connectivity index (χ0v) is 11.6. The van der Waals surface area contributed by atoms with Crippen LogP contribution in [-0.2, 0) is 20.9 Å². The summed E-state index contributed by atoms with van der Waals surface area (Å²) in [7, 11) is 0. The number of nitrogens with zero attached hydrogens (tertiary/aromatic N) is 7. The maximum Gasteiger partial charge on any atom is 0.355 e. The summed E-state index contributed by atoms with van der Waals surface area (Å²) in [6, 6.07) is 0.885. The van der Waals surface area contributed by atoms with Gasteiger partial charge in [-0.05, 0) is 10.4 Å². The van der Waals surface area contributed by atoms with Crippen LogP contribution in [0, 0.1) is 11.3 Å². The molecule has 0 radical (unpaired) electrons. The Balaban J connectivity index is 1.71. The van der Waals surface area contributed by atoms with Crippen LogP contribution in [0.2, 0.25) is 0 Å². The van der Waals surface area contributed by atoms with E-state index in [0.717, 1.165) is 5.01 Å². The van der Waals surface area contributed by atoms with Crippen molar-refractivity contribution in [1.29, 1.82) is 5.26 Å². The van der Waals surface area contributed by atoms with Crippen molar-refractivity contribution >= 4 is 17.8 Å². The fraction of sp³-hybridized carbons (Fsp3) is 0.364. The molecule has 12 nitrogen and oxygen atoms in total. The summed E-state index contributed by atoms with van der Waals surface area (Å²) in [6.07, 6.45) is 1.25. The average molecular weight is 318 g/mol. The summed E-state index contributed by atoms with van der Waals surface area (Å²) in [5.74, 6) is -2.45. The van der Waals surface area contributed by atoms with Gasteiger partial charge in [-0.2, -0.15) is 5.26 Å². The van der Waals surface area contributed by atoms with Gasteiger partial charge in [-0.15, -0.1) is 5.10 Å². The molecule has 1 atom stereocenters. The average Bonchev–Trinajstić information content (AvgIpc) is 3.17. The zero-order chi connectivity index (χ0) is 16.6.